The van der Waals surface area contributed by atoms with Gasteiger partial charge in [-0.25, -0.2) is 19.3 Å². The molecule has 2 unspecified atom stereocenters. The molecule has 0 saturated carbocycles. The average molecular weight is 547 g/mol. The van der Waals surface area contributed by atoms with Gasteiger partial charge < -0.3 is 54.5 Å². The van der Waals surface area contributed by atoms with Gasteiger partial charge in [-0.05, 0) is 0 Å². The van der Waals surface area contributed by atoms with Gasteiger partial charge in [0, 0.05) is 6.42 Å². The molecule has 192 valence electrons. The highest BCUT2D eigenvalue weighted by Gasteiger charge is 2.40. The number of hydrogen-bond acceptors (Lipinski definition) is 18. The number of phosphoric ester groups is 1. The SMILES string of the molecule is Nc1ncnc2c1ncn2[C@H]1C[C@H](O)[C@H](O)[C@H](O)[C@@H](COP(=O)([O-])OP(=O)([O-])OP(=O)([O-])[O-])O1. The van der Waals surface area contributed by atoms with Gasteiger partial charge in [-0.1, -0.05) is 0 Å². The van der Waals surface area contributed by atoms with Crippen LogP contribution in [0, 0.1) is 0 Å². The van der Waals surface area contributed by atoms with Crippen LogP contribution in [0.3, 0.4) is 0 Å². The largest absolute Gasteiger partial charge is 0.790 e. The molecule has 1 aliphatic rings. The molecule has 0 amide bonds. The molecule has 1 saturated heterocycles. The van der Waals surface area contributed by atoms with Gasteiger partial charge >= 0.3 is 0 Å². The van der Waals surface area contributed by atoms with E-state index in [9.17, 15) is 48.6 Å². The number of aliphatic hydroxyl groups excluding tert-OH is 3. The first-order chi connectivity index (χ1) is 15.6. The number of ether oxygens (including phenoxy) is 1. The number of hydrogen-bond donors (Lipinski definition) is 4. The lowest BCUT2D eigenvalue weighted by Gasteiger charge is -2.38. The van der Waals surface area contributed by atoms with Crippen molar-refractivity contribution in [3.63, 3.8) is 0 Å². The minimum atomic E-state index is -6.20. The fourth-order valence-electron chi connectivity index (χ4n) is 2.98. The molecule has 5 N–H and O–H groups in total. The Balaban J connectivity index is 1.79. The van der Waals surface area contributed by atoms with Crippen LogP contribution in [0.15, 0.2) is 12.7 Å². The summed E-state index contributed by atoms with van der Waals surface area (Å²) in [7, 11) is -18.3. The molecule has 22 heteroatoms. The van der Waals surface area contributed by atoms with Crippen LogP contribution >= 0.6 is 23.5 Å². The Hall–Kier alpha value is -1.40. The number of imidazole rings is 1. The van der Waals surface area contributed by atoms with E-state index >= 15 is 0 Å². The second kappa shape index (κ2) is 9.93. The number of phosphoric acid groups is 3. The summed E-state index contributed by atoms with van der Waals surface area (Å²) in [6.07, 6.45) is -6.49. The van der Waals surface area contributed by atoms with Crippen LogP contribution in [0.5, 0.6) is 0 Å². The molecule has 19 nitrogen and oxygen atoms in total. The third kappa shape index (κ3) is 6.63. The Labute approximate surface area is 189 Å². The number of aromatic nitrogens is 4. The normalized spacial score (nSPS) is 29.9. The van der Waals surface area contributed by atoms with Gasteiger partial charge in [-0.3, -0.25) is 18.0 Å². The van der Waals surface area contributed by atoms with Gasteiger partial charge in [0.2, 0.25) is 0 Å². The number of nitrogens with two attached hydrogens (primary N) is 1. The maximum Gasteiger partial charge on any atom is 0.278 e. The molecular formula is C12H16N5O14P3-4. The minimum absolute atomic E-state index is 0.00674. The maximum absolute atomic E-state index is 11.8. The summed E-state index contributed by atoms with van der Waals surface area (Å²) >= 11 is 0. The zero-order valence-electron chi connectivity index (χ0n) is 16.5. The number of aliphatic hydroxyl groups is 3. The smallest absolute Gasteiger partial charge is 0.278 e. The maximum atomic E-state index is 11.8. The van der Waals surface area contributed by atoms with Crippen molar-refractivity contribution in [2.24, 2.45) is 0 Å². The highest BCUT2D eigenvalue weighted by atomic mass is 31.3. The average Bonchev–Trinajstić information content (AvgIpc) is 3.07. The van der Waals surface area contributed by atoms with Crippen molar-refractivity contribution in [1.29, 1.82) is 0 Å². The molecule has 3 rings (SSSR count). The molecule has 0 aliphatic carbocycles. The predicted molar refractivity (Wildman–Crippen MR) is 97.2 cm³/mol. The number of rotatable bonds is 8. The van der Waals surface area contributed by atoms with E-state index in [0.29, 0.717) is 0 Å². The third-order valence-electron chi connectivity index (χ3n) is 4.39. The summed E-state index contributed by atoms with van der Waals surface area (Å²) in [5.74, 6) is 0.00674. The van der Waals surface area contributed by atoms with Crippen LogP contribution in [0.25, 0.3) is 11.2 Å². The van der Waals surface area contributed by atoms with Crippen molar-refractivity contribution in [3.05, 3.63) is 12.7 Å². The highest BCUT2D eigenvalue weighted by molar-refractivity contribution is 7.64. The summed E-state index contributed by atoms with van der Waals surface area (Å²) in [4.78, 5) is 55.5. The zero-order chi connectivity index (χ0) is 25.5. The minimum Gasteiger partial charge on any atom is -0.790 e. The van der Waals surface area contributed by atoms with Crippen LogP contribution in [0.1, 0.15) is 12.6 Å². The van der Waals surface area contributed by atoms with E-state index in [4.69, 9.17) is 10.5 Å². The predicted octanol–water partition coefficient (Wildman–Crippen LogP) is -4.41. The van der Waals surface area contributed by atoms with Crippen molar-refractivity contribution in [2.75, 3.05) is 12.3 Å². The molecule has 2 aromatic heterocycles. The first-order valence-electron chi connectivity index (χ1n) is 8.92. The second-order valence-corrected chi connectivity index (χ2v) is 11.0. The van der Waals surface area contributed by atoms with Crippen molar-refractivity contribution < 1.29 is 66.5 Å². The molecule has 0 bridgehead atoms. The number of fused-ring (bicyclic) bond motifs is 1. The molecule has 3 heterocycles. The van der Waals surface area contributed by atoms with Gasteiger partial charge in [0.05, 0.1) is 26.9 Å². The van der Waals surface area contributed by atoms with E-state index in [1.165, 1.54) is 10.9 Å². The first kappa shape index (κ1) is 27.2. The summed E-state index contributed by atoms with van der Waals surface area (Å²) in [6.45, 7) is -1.20. The third-order valence-corrected chi connectivity index (χ3v) is 8.06. The van der Waals surface area contributed by atoms with E-state index in [1.807, 2.05) is 0 Å². The summed E-state index contributed by atoms with van der Waals surface area (Å²) in [6, 6.07) is 0. The van der Waals surface area contributed by atoms with Crippen molar-refractivity contribution in [1.82, 2.24) is 19.5 Å². The van der Waals surface area contributed by atoms with Gasteiger partial charge in [-0.15, -0.1) is 0 Å². The lowest BCUT2D eigenvalue weighted by atomic mass is 10.0. The molecule has 2 aromatic rings. The van der Waals surface area contributed by atoms with E-state index in [-0.39, 0.29) is 23.4 Å². The lowest BCUT2D eigenvalue weighted by molar-refractivity contribution is -0.339. The van der Waals surface area contributed by atoms with Gasteiger partial charge in [0.25, 0.3) is 15.6 Å². The van der Waals surface area contributed by atoms with Gasteiger partial charge in [0.15, 0.2) is 11.5 Å². The summed E-state index contributed by atoms with van der Waals surface area (Å²) in [5.41, 5.74) is 5.97. The fraction of sp³-hybridized carbons (Fsp3) is 0.583. The Morgan fingerprint density at radius 2 is 1.74 bits per heavy atom. The van der Waals surface area contributed by atoms with Crippen LogP contribution in [0.4, 0.5) is 5.82 Å². The molecule has 1 fully saturated rings. The lowest BCUT2D eigenvalue weighted by Crippen LogP contribution is -2.44. The second-order valence-electron chi connectivity index (χ2n) is 6.80. The molecule has 0 radical (unpaired) electrons. The quantitative estimate of drug-likeness (QED) is 0.227. The standard InChI is InChI=1S/C12H20N5O14P3/c13-11-8-12(15-3-14-11)17(4-16-8)7-1-5(18)9(19)10(20)6(29-7)2-28-33(24,25)31-34(26,27)30-32(21,22)23/h3-7,9-10,18-20H,1-2H2,(H,24,25)(H,26,27)(H2,13,14,15)(H2,21,22,23)/p-4/t5-,6+,7+,9-,10+/m0/s1. The van der Waals surface area contributed by atoms with E-state index in [2.05, 4.69) is 28.1 Å². The van der Waals surface area contributed by atoms with Gasteiger partial charge in [0.1, 0.15) is 36.4 Å². The van der Waals surface area contributed by atoms with E-state index in [0.717, 1.165) is 6.33 Å². The van der Waals surface area contributed by atoms with E-state index < -0.39 is 60.7 Å². The Morgan fingerprint density at radius 3 is 2.38 bits per heavy atom. The molecule has 34 heavy (non-hydrogen) atoms. The van der Waals surface area contributed by atoms with Gasteiger partial charge in [-0.2, -0.15) is 0 Å². The van der Waals surface area contributed by atoms with Crippen molar-refractivity contribution >= 4 is 40.4 Å². The zero-order valence-corrected chi connectivity index (χ0v) is 19.2. The van der Waals surface area contributed by atoms with Crippen LogP contribution in [-0.2, 0) is 31.6 Å². The Bertz CT molecular complexity index is 1170. The topological polar surface area (TPSA) is 311 Å². The number of nitrogen functional groups attached to an aromatic ring is 1. The van der Waals surface area contributed by atoms with Crippen LogP contribution in [-0.4, -0.2) is 65.9 Å². The Kier molecular flexibility index (Phi) is 7.94. The monoisotopic (exact) mass is 547 g/mol. The number of anilines is 1. The van der Waals surface area contributed by atoms with Crippen molar-refractivity contribution in [2.45, 2.75) is 37.1 Å². The molecule has 7 atom stereocenters. The molecule has 1 aliphatic heterocycles. The molecule has 0 spiro atoms. The van der Waals surface area contributed by atoms with Crippen LogP contribution in [0.2, 0.25) is 0 Å². The molecular weight excluding hydrogens is 531 g/mol. The fourth-order valence-corrected chi connectivity index (χ4v) is 5.84. The first-order valence-corrected chi connectivity index (χ1v) is 13.3. The highest BCUT2D eigenvalue weighted by Crippen LogP contribution is 2.60. The van der Waals surface area contributed by atoms with Crippen LogP contribution < -0.4 is 25.3 Å². The summed E-state index contributed by atoms with van der Waals surface area (Å²) < 4.78 is 51.0. The molecule has 0 aromatic carbocycles. The van der Waals surface area contributed by atoms with E-state index in [1.54, 1.807) is 0 Å². The number of nitrogens with zero attached hydrogens (tertiary/aromatic N) is 4. The summed E-state index contributed by atoms with van der Waals surface area (Å²) in [5, 5.41) is 30.6. The Morgan fingerprint density at radius 1 is 1.06 bits per heavy atom. The van der Waals surface area contributed by atoms with Crippen molar-refractivity contribution in [3.8, 4) is 0 Å².